The van der Waals surface area contributed by atoms with Gasteiger partial charge in [-0.3, -0.25) is 9.69 Å². The van der Waals surface area contributed by atoms with Crippen molar-refractivity contribution < 1.29 is 14.3 Å². The normalized spacial score (nSPS) is 10.6. The second kappa shape index (κ2) is 11.2. The van der Waals surface area contributed by atoms with E-state index in [9.17, 15) is 4.79 Å². The molecule has 4 aromatic rings. The summed E-state index contributed by atoms with van der Waals surface area (Å²) in [6, 6.07) is 11.5. The van der Waals surface area contributed by atoms with Gasteiger partial charge in [0.05, 0.1) is 23.7 Å². The number of anilines is 1. The molecule has 0 radical (unpaired) electrons. The molecule has 0 N–H and O–H groups in total. The minimum absolute atomic E-state index is 0. The number of fused-ring (bicyclic) bond motifs is 1. The lowest BCUT2D eigenvalue weighted by Gasteiger charge is -2.20. The maximum Gasteiger partial charge on any atom is 0.266 e. The third-order valence-electron chi connectivity index (χ3n) is 5.12. The molecule has 0 saturated heterocycles. The summed E-state index contributed by atoms with van der Waals surface area (Å²) in [5.41, 5.74) is 3.24. The molecule has 2 aromatic carbocycles. The second-order valence-corrected chi connectivity index (χ2v) is 8.54. The summed E-state index contributed by atoms with van der Waals surface area (Å²) in [5, 5.41) is 0.688. The van der Waals surface area contributed by atoms with E-state index in [0.717, 1.165) is 28.7 Å². The van der Waals surface area contributed by atoms with Gasteiger partial charge in [-0.25, -0.2) is 9.97 Å². The van der Waals surface area contributed by atoms with E-state index >= 15 is 0 Å². The van der Waals surface area contributed by atoms with Gasteiger partial charge >= 0.3 is 0 Å². The minimum Gasteiger partial charge on any atom is -0.493 e. The first-order valence-corrected chi connectivity index (χ1v) is 11.3. The van der Waals surface area contributed by atoms with Crippen molar-refractivity contribution in [1.29, 1.82) is 0 Å². The quantitative estimate of drug-likeness (QED) is 0.331. The fourth-order valence-electron chi connectivity index (χ4n) is 3.59. The molecule has 174 valence electrons. The number of para-hydroxylation sites is 2. The van der Waals surface area contributed by atoms with Gasteiger partial charge in [-0.15, -0.1) is 12.4 Å². The van der Waals surface area contributed by atoms with E-state index < -0.39 is 0 Å². The maximum atomic E-state index is 13.2. The number of imidazole rings is 1. The van der Waals surface area contributed by atoms with E-state index in [1.165, 1.54) is 5.56 Å². The molecule has 7 nitrogen and oxygen atoms in total. The number of hydrogen-bond acceptors (Lipinski definition) is 6. The predicted molar refractivity (Wildman–Crippen MR) is 134 cm³/mol. The standard InChI is InChI=1S/C24H26N4O3S.ClH/c1-17-13-18(2)23-19(14-17)26-24(32-23)28(11-6-10-27-12-9-25-16-27)22(29)15-31-21-8-5-4-7-20(21)30-3;/h4-5,7-9,12-14,16H,6,10-11,15H2,1-3H3;1H. The van der Waals surface area contributed by atoms with Gasteiger partial charge in [-0.2, -0.15) is 0 Å². The zero-order chi connectivity index (χ0) is 22.5. The fourth-order valence-corrected chi connectivity index (χ4v) is 4.65. The molecule has 0 spiro atoms. The Morgan fingerprint density at radius 1 is 1.18 bits per heavy atom. The Kier molecular flexibility index (Phi) is 8.30. The zero-order valence-corrected chi connectivity index (χ0v) is 20.5. The summed E-state index contributed by atoms with van der Waals surface area (Å²) in [6.45, 7) is 5.33. The Morgan fingerprint density at radius 2 is 1.97 bits per heavy atom. The van der Waals surface area contributed by atoms with Crippen LogP contribution in [-0.2, 0) is 11.3 Å². The first-order chi connectivity index (χ1) is 15.5. The van der Waals surface area contributed by atoms with Gasteiger partial charge in [0.25, 0.3) is 5.91 Å². The van der Waals surface area contributed by atoms with Crippen LogP contribution in [0.5, 0.6) is 11.5 Å². The van der Waals surface area contributed by atoms with E-state index in [1.54, 1.807) is 48.0 Å². The summed E-state index contributed by atoms with van der Waals surface area (Å²) in [6.07, 6.45) is 6.22. The molecule has 0 aliphatic carbocycles. The number of nitrogens with zero attached hydrogens (tertiary/aromatic N) is 4. The highest BCUT2D eigenvalue weighted by Gasteiger charge is 2.21. The van der Waals surface area contributed by atoms with Gasteiger partial charge in [0, 0.05) is 25.5 Å². The van der Waals surface area contributed by atoms with Gasteiger partial charge in [-0.05, 0) is 49.6 Å². The summed E-state index contributed by atoms with van der Waals surface area (Å²) < 4.78 is 14.2. The van der Waals surface area contributed by atoms with Gasteiger partial charge in [0.15, 0.2) is 23.2 Å². The van der Waals surface area contributed by atoms with Crippen molar-refractivity contribution in [2.75, 3.05) is 25.2 Å². The van der Waals surface area contributed by atoms with Crippen LogP contribution >= 0.6 is 23.7 Å². The first kappa shape index (κ1) is 24.5. The summed E-state index contributed by atoms with van der Waals surface area (Å²) >= 11 is 1.54. The monoisotopic (exact) mass is 486 g/mol. The van der Waals surface area contributed by atoms with E-state index in [2.05, 4.69) is 31.0 Å². The Morgan fingerprint density at radius 3 is 2.70 bits per heavy atom. The molecule has 4 rings (SSSR count). The number of halogens is 1. The summed E-state index contributed by atoms with van der Waals surface area (Å²) in [5.74, 6) is 0.991. The molecule has 0 fully saturated rings. The molecule has 1 amide bonds. The van der Waals surface area contributed by atoms with Gasteiger partial charge < -0.3 is 14.0 Å². The molecular formula is C24H27ClN4O3S. The first-order valence-electron chi connectivity index (χ1n) is 10.4. The largest absolute Gasteiger partial charge is 0.493 e. The molecule has 0 aliphatic rings. The van der Waals surface area contributed by atoms with E-state index in [4.69, 9.17) is 14.5 Å². The molecule has 0 bridgehead atoms. The van der Waals surface area contributed by atoms with Crippen molar-refractivity contribution in [3.63, 3.8) is 0 Å². The Bertz CT molecular complexity index is 1210. The van der Waals surface area contributed by atoms with Crippen LogP contribution in [0.4, 0.5) is 5.13 Å². The lowest BCUT2D eigenvalue weighted by Crippen LogP contribution is -2.36. The number of amides is 1. The number of ether oxygens (including phenoxy) is 2. The van der Waals surface area contributed by atoms with Crippen LogP contribution in [0.3, 0.4) is 0 Å². The van der Waals surface area contributed by atoms with Crippen molar-refractivity contribution >= 4 is 45.0 Å². The van der Waals surface area contributed by atoms with Crippen molar-refractivity contribution in [1.82, 2.24) is 14.5 Å². The van der Waals surface area contributed by atoms with Gasteiger partial charge in [-0.1, -0.05) is 29.5 Å². The molecule has 0 unspecified atom stereocenters. The summed E-state index contributed by atoms with van der Waals surface area (Å²) in [4.78, 5) is 23.8. The van der Waals surface area contributed by atoms with Crippen LogP contribution in [0.2, 0.25) is 0 Å². The number of aryl methyl sites for hydroxylation is 3. The van der Waals surface area contributed by atoms with Crippen LogP contribution < -0.4 is 14.4 Å². The molecule has 2 aromatic heterocycles. The fraction of sp³-hybridized carbons (Fsp3) is 0.292. The van der Waals surface area contributed by atoms with Gasteiger partial charge in [0.1, 0.15) is 0 Å². The number of methoxy groups -OCH3 is 1. The smallest absolute Gasteiger partial charge is 0.266 e. The van der Waals surface area contributed by atoms with Crippen LogP contribution in [0, 0.1) is 13.8 Å². The van der Waals surface area contributed by atoms with E-state index in [-0.39, 0.29) is 24.9 Å². The van der Waals surface area contributed by atoms with E-state index in [0.29, 0.717) is 23.2 Å². The average Bonchev–Trinajstić information content (AvgIpc) is 3.45. The number of carbonyl (C=O) groups is 1. The van der Waals surface area contributed by atoms with Crippen LogP contribution in [0.1, 0.15) is 17.5 Å². The molecule has 9 heteroatoms. The average molecular weight is 487 g/mol. The highest BCUT2D eigenvalue weighted by atomic mass is 35.5. The number of carbonyl (C=O) groups excluding carboxylic acids is 1. The molecule has 2 heterocycles. The maximum absolute atomic E-state index is 13.2. The van der Waals surface area contributed by atoms with Crippen LogP contribution in [-0.4, -0.2) is 40.7 Å². The third-order valence-corrected chi connectivity index (χ3v) is 6.35. The molecule has 0 atom stereocenters. The molecule has 0 saturated carbocycles. The van der Waals surface area contributed by atoms with Crippen molar-refractivity contribution in [3.8, 4) is 11.5 Å². The predicted octanol–water partition coefficient (Wildman–Crippen LogP) is 5.04. The highest BCUT2D eigenvalue weighted by Crippen LogP contribution is 2.32. The highest BCUT2D eigenvalue weighted by molar-refractivity contribution is 7.22. The Balaban J connectivity index is 0.00000306. The van der Waals surface area contributed by atoms with Crippen LogP contribution in [0.25, 0.3) is 10.2 Å². The number of hydrogen-bond donors (Lipinski definition) is 0. The number of rotatable bonds is 9. The summed E-state index contributed by atoms with van der Waals surface area (Å²) in [7, 11) is 1.58. The SMILES string of the molecule is COc1ccccc1OCC(=O)N(CCCn1ccnc1)c1nc2cc(C)cc(C)c2s1.Cl. The van der Waals surface area contributed by atoms with Gasteiger partial charge in [0.2, 0.25) is 0 Å². The minimum atomic E-state index is -0.144. The Labute approximate surface area is 203 Å². The third kappa shape index (κ3) is 5.83. The van der Waals surface area contributed by atoms with Crippen molar-refractivity contribution in [2.45, 2.75) is 26.8 Å². The van der Waals surface area contributed by atoms with Crippen LogP contribution in [0.15, 0.2) is 55.1 Å². The number of benzene rings is 2. The molecular weight excluding hydrogens is 460 g/mol. The molecule has 0 aliphatic heterocycles. The van der Waals surface area contributed by atoms with Crippen molar-refractivity contribution in [2.24, 2.45) is 0 Å². The topological polar surface area (TPSA) is 69.5 Å². The lowest BCUT2D eigenvalue weighted by atomic mass is 10.1. The molecule has 33 heavy (non-hydrogen) atoms. The van der Waals surface area contributed by atoms with Crippen molar-refractivity contribution in [3.05, 3.63) is 66.2 Å². The second-order valence-electron chi connectivity index (χ2n) is 7.57. The lowest BCUT2D eigenvalue weighted by molar-refractivity contribution is -0.120. The zero-order valence-electron chi connectivity index (χ0n) is 18.9. The van der Waals surface area contributed by atoms with E-state index in [1.807, 2.05) is 22.9 Å². The number of thiazole rings is 1. The number of aromatic nitrogens is 3. The Hall–Kier alpha value is -3.10.